The molecule has 136 valence electrons. The van der Waals surface area contributed by atoms with E-state index >= 15 is 0 Å². The summed E-state index contributed by atoms with van der Waals surface area (Å²) in [5.74, 6) is -0.507. The van der Waals surface area contributed by atoms with Gasteiger partial charge in [-0.15, -0.1) is 0 Å². The van der Waals surface area contributed by atoms with E-state index in [4.69, 9.17) is 11.6 Å². The molecule has 0 radical (unpaired) electrons. The van der Waals surface area contributed by atoms with Gasteiger partial charge in [0.15, 0.2) is 11.5 Å². The lowest BCUT2D eigenvalue weighted by Gasteiger charge is -2.16. The highest BCUT2D eigenvalue weighted by Gasteiger charge is 2.51. The van der Waals surface area contributed by atoms with Crippen molar-refractivity contribution in [1.82, 2.24) is 0 Å². The Labute approximate surface area is 162 Å². The lowest BCUT2D eigenvalue weighted by Crippen LogP contribution is -2.27. The number of carbonyl (C=O) groups excluding carboxylic acids is 1. The smallest absolute Gasteiger partial charge is 0.235 e. The highest BCUT2D eigenvalue weighted by atomic mass is 35.5. The molecule has 3 aromatic carbocycles. The van der Waals surface area contributed by atoms with Crippen LogP contribution < -0.4 is 5.32 Å². The van der Waals surface area contributed by atoms with Gasteiger partial charge in [0.2, 0.25) is 5.91 Å². The van der Waals surface area contributed by atoms with Crippen LogP contribution in [-0.4, -0.2) is 16.1 Å². The van der Waals surface area contributed by atoms with E-state index in [-0.39, 0.29) is 17.4 Å². The Kier molecular flexibility index (Phi) is 4.28. The van der Waals surface area contributed by atoms with E-state index in [9.17, 15) is 15.0 Å². The molecular weight excluding hydrogens is 362 g/mol. The molecule has 1 aliphatic carbocycles. The summed E-state index contributed by atoms with van der Waals surface area (Å²) < 4.78 is 0. The molecule has 1 amide bonds. The largest absolute Gasteiger partial charge is 0.504 e. The van der Waals surface area contributed by atoms with Gasteiger partial charge in [-0.25, -0.2) is 0 Å². The minimum absolute atomic E-state index is 0.108. The van der Waals surface area contributed by atoms with Crippen LogP contribution in [0.25, 0.3) is 11.1 Å². The molecule has 3 aromatic rings. The monoisotopic (exact) mass is 379 g/mol. The van der Waals surface area contributed by atoms with Crippen LogP contribution in [0.1, 0.15) is 18.4 Å². The highest BCUT2D eigenvalue weighted by Crippen LogP contribution is 2.50. The number of hydrogen-bond donors (Lipinski definition) is 3. The molecule has 27 heavy (non-hydrogen) atoms. The summed E-state index contributed by atoms with van der Waals surface area (Å²) in [6.45, 7) is 0. The number of carbonyl (C=O) groups is 1. The summed E-state index contributed by atoms with van der Waals surface area (Å²) in [6, 6.07) is 19.8. The summed E-state index contributed by atoms with van der Waals surface area (Å²) in [5.41, 5.74) is 2.81. The van der Waals surface area contributed by atoms with Crippen LogP contribution in [0.5, 0.6) is 11.5 Å². The average Bonchev–Trinajstić information content (AvgIpc) is 3.47. The third-order valence-electron chi connectivity index (χ3n) is 5.01. The van der Waals surface area contributed by atoms with Gasteiger partial charge in [-0.05, 0) is 65.9 Å². The number of phenolic OH excluding ortho intramolecular Hbond substituents is 2. The molecule has 0 bridgehead atoms. The van der Waals surface area contributed by atoms with Crippen molar-refractivity contribution < 1.29 is 15.0 Å². The highest BCUT2D eigenvalue weighted by molar-refractivity contribution is 6.30. The van der Waals surface area contributed by atoms with Gasteiger partial charge in [0.1, 0.15) is 0 Å². The second kappa shape index (κ2) is 6.63. The summed E-state index contributed by atoms with van der Waals surface area (Å²) in [4.78, 5) is 12.8. The zero-order valence-corrected chi connectivity index (χ0v) is 15.2. The summed E-state index contributed by atoms with van der Waals surface area (Å²) >= 11 is 6.04. The van der Waals surface area contributed by atoms with E-state index in [2.05, 4.69) is 5.32 Å². The van der Waals surface area contributed by atoms with Crippen LogP contribution in [0.15, 0.2) is 66.7 Å². The standard InChI is InChI=1S/C22H18ClNO3/c23-17-3-1-2-15(12-17)14-4-7-18(8-5-14)24-21(27)22(10-11-22)16-6-9-19(25)20(26)13-16/h1-9,12-13,25-26H,10-11H2,(H,24,27). The first kappa shape index (κ1) is 17.4. The van der Waals surface area contributed by atoms with Crippen molar-refractivity contribution in [2.75, 3.05) is 5.32 Å². The van der Waals surface area contributed by atoms with Crippen LogP contribution in [0.2, 0.25) is 5.02 Å². The second-order valence-electron chi connectivity index (χ2n) is 6.83. The number of benzene rings is 3. The fraction of sp³-hybridized carbons (Fsp3) is 0.136. The Bertz CT molecular complexity index is 1010. The molecule has 0 spiro atoms. The SMILES string of the molecule is O=C(Nc1ccc(-c2cccc(Cl)c2)cc1)C1(c2ccc(O)c(O)c2)CC1. The summed E-state index contributed by atoms with van der Waals surface area (Å²) in [6.07, 6.45) is 1.42. The predicted octanol–water partition coefficient (Wildman–Crippen LogP) is 5.09. The van der Waals surface area contributed by atoms with E-state index in [1.165, 1.54) is 12.1 Å². The molecule has 4 nitrogen and oxygen atoms in total. The number of phenols is 2. The maximum absolute atomic E-state index is 12.8. The molecule has 3 N–H and O–H groups in total. The number of hydrogen-bond acceptors (Lipinski definition) is 3. The zero-order valence-electron chi connectivity index (χ0n) is 14.4. The van der Waals surface area contributed by atoms with E-state index in [0.717, 1.165) is 11.1 Å². The fourth-order valence-corrected chi connectivity index (χ4v) is 3.45. The maximum Gasteiger partial charge on any atom is 0.235 e. The molecular formula is C22H18ClNO3. The van der Waals surface area contributed by atoms with Crippen LogP contribution in [0.4, 0.5) is 5.69 Å². The average molecular weight is 380 g/mol. The van der Waals surface area contributed by atoms with Crippen LogP contribution in [0.3, 0.4) is 0 Å². The Balaban J connectivity index is 1.52. The molecule has 4 rings (SSSR count). The zero-order chi connectivity index (χ0) is 19.0. The number of rotatable bonds is 4. The first-order chi connectivity index (χ1) is 13.0. The van der Waals surface area contributed by atoms with Crippen molar-refractivity contribution in [3.8, 4) is 22.6 Å². The Morgan fingerprint density at radius 3 is 2.26 bits per heavy atom. The third kappa shape index (κ3) is 3.36. The number of nitrogens with one attached hydrogen (secondary N) is 1. The van der Waals surface area contributed by atoms with Crippen LogP contribution >= 0.6 is 11.6 Å². The van der Waals surface area contributed by atoms with Crippen molar-refractivity contribution >= 4 is 23.2 Å². The van der Waals surface area contributed by atoms with Gasteiger partial charge in [0.05, 0.1) is 5.41 Å². The summed E-state index contributed by atoms with van der Waals surface area (Å²) in [7, 11) is 0. The van der Waals surface area contributed by atoms with E-state index in [1.54, 1.807) is 6.07 Å². The van der Waals surface area contributed by atoms with Gasteiger partial charge >= 0.3 is 0 Å². The maximum atomic E-state index is 12.8. The van der Waals surface area contributed by atoms with Gasteiger partial charge in [0, 0.05) is 10.7 Å². The van der Waals surface area contributed by atoms with Crippen molar-refractivity contribution in [1.29, 1.82) is 0 Å². The number of amides is 1. The molecule has 0 unspecified atom stereocenters. The second-order valence-corrected chi connectivity index (χ2v) is 7.26. The summed E-state index contributed by atoms with van der Waals surface area (Å²) in [5, 5.41) is 22.8. The molecule has 0 aliphatic heterocycles. The van der Waals surface area contributed by atoms with Crippen LogP contribution in [0, 0.1) is 0 Å². The Morgan fingerprint density at radius 1 is 0.889 bits per heavy atom. The lowest BCUT2D eigenvalue weighted by molar-refractivity contribution is -0.118. The molecule has 1 aliphatic rings. The number of aromatic hydroxyl groups is 2. The quantitative estimate of drug-likeness (QED) is 0.553. The van der Waals surface area contributed by atoms with E-state index in [0.29, 0.717) is 29.1 Å². The lowest BCUT2D eigenvalue weighted by atomic mass is 9.94. The van der Waals surface area contributed by atoms with Crippen molar-refractivity contribution in [2.45, 2.75) is 18.3 Å². The number of halogens is 1. The molecule has 0 saturated heterocycles. The van der Waals surface area contributed by atoms with Gasteiger partial charge < -0.3 is 15.5 Å². The number of anilines is 1. The van der Waals surface area contributed by atoms with Crippen molar-refractivity contribution in [3.63, 3.8) is 0 Å². The van der Waals surface area contributed by atoms with E-state index < -0.39 is 5.41 Å². The Morgan fingerprint density at radius 2 is 1.63 bits per heavy atom. The topological polar surface area (TPSA) is 69.6 Å². The van der Waals surface area contributed by atoms with Crippen LogP contribution in [-0.2, 0) is 10.2 Å². The van der Waals surface area contributed by atoms with Crippen molar-refractivity contribution in [2.24, 2.45) is 0 Å². The van der Waals surface area contributed by atoms with Gasteiger partial charge in [-0.2, -0.15) is 0 Å². The molecule has 1 saturated carbocycles. The predicted molar refractivity (Wildman–Crippen MR) is 106 cm³/mol. The minimum atomic E-state index is -0.642. The van der Waals surface area contributed by atoms with Gasteiger partial charge in [0.25, 0.3) is 0 Å². The molecule has 0 atom stereocenters. The minimum Gasteiger partial charge on any atom is -0.504 e. The fourth-order valence-electron chi connectivity index (χ4n) is 3.26. The molecule has 0 heterocycles. The van der Waals surface area contributed by atoms with Crippen molar-refractivity contribution in [3.05, 3.63) is 77.3 Å². The van der Waals surface area contributed by atoms with Gasteiger partial charge in [-0.3, -0.25) is 4.79 Å². The molecule has 1 fully saturated rings. The first-order valence-electron chi connectivity index (χ1n) is 8.68. The van der Waals surface area contributed by atoms with Gasteiger partial charge in [-0.1, -0.05) is 41.9 Å². The molecule has 5 heteroatoms. The third-order valence-corrected chi connectivity index (χ3v) is 5.25. The van der Waals surface area contributed by atoms with E-state index in [1.807, 2.05) is 48.5 Å². The first-order valence-corrected chi connectivity index (χ1v) is 9.06. The Hall–Kier alpha value is -2.98. The molecule has 0 aromatic heterocycles. The normalized spacial score (nSPS) is 14.6.